The maximum Gasteiger partial charge on any atom is 0.357 e. The normalized spacial score (nSPS) is 17.7. The first kappa shape index (κ1) is 11.7. The van der Waals surface area contributed by atoms with Crippen LogP contribution in [0.15, 0.2) is 22.1 Å². The largest absolute Gasteiger partial charge is 0.464 e. The average Bonchev–Trinajstić information content (AvgIpc) is 2.79. The molecule has 0 aliphatic carbocycles. The summed E-state index contributed by atoms with van der Waals surface area (Å²) in [7, 11) is -2.78. The van der Waals surface area contributed by atoms with Gasteiger partial charge in [-0.05, 0) is 6.08 Å². The number of ether oxygens (including phenoxy) is 1. The molecular weight excluding hydrogens is 266 g/mol. The lowest BCUT2D eigenvalue weighted by atomic mass is 10.3. The number of carbonyl (C=O) groups is 1. The van der Waals surface area contributed by atoms with Crippen LogP contribution in [0.1, 0.15) is 5.01 Å². The van der Waals surface area contributed by atoms with Gasteiger partial charge in [-0.25, -0.2) is 9.78 Å². The molecule has 17 heavy (non-hydrogen) atoms. The molecule has 0 aromatic carbocycles. The van der Waals surface area contributed by atoms with Gasteiger partial charge in [0.05, 0.1) is 12.8 Å². The number of nitrogens with one attached hydrogen (secondary N) is 1. The van der Waals surface area contributed by atoms with E-state index in [1.54, 1.807) is 5.38 Å². The Morgan fingerprint density at radius 3 is 2.88 bits per heavy atom. The molecule has 0 spiro atoms. The van der Waals surface area contributed by atoms with Crippen molar-refractivity contribution in [2.24, 2.45) is 4.40 Å². The minimum absolute atomic E-state index is 0.204. The molecule has 1 aromatic heterocycles. The summed E-state index contributed by atoms with van der Waals surface area (Å²) in [6.45, 7) is 0. The van der Waals surface area contributed by atoms with E-state index in [-0.39, 0.29) is 11.4 Å². The Morgan fingerprint density at radius 2 is 2.29 bits per heavy atom. The fraction of sp³-hybridized carbons (Fsp3) is 0.125. The number of methoxy groups -OCH3 is 1. The Labute approximate surface area is 101 Å². The second kappa shape index (κ2) is 4.26. The van der Waals surface area contributed by atoms with Gasteiger partial charge < -0.3 is 4.74 Å². The van der Waals surface area contributed by atoms with Crippen molar-refractivity contribution < 1.29 is 17.9 Å². The van der Waals surface area contributed by atoms with Crippen molar-refractivity contribution in [1.82, 2.24) is 9.71 Å². The van der Waals surface area contributed by atoms with Gasteiger partial charge in [-0.15, -0.1) is 15.7 Å². The molecule has 0 radical (unpaired) electrons. The van der Waals surface area contributed by atoms with Crippen LogP contribution >= 0.6 is 11.3 Å². The van der Waals surface area contributed by atoms with Crippen LogP contribution in [0, 0.1) is 0 Å². The highest BCUT2D eigenvalue weighted by atomic mass is 32.2. The minimum Gasteiger partial charge on any atom is -0.464 e. The van der Waals surface area contributed by atoms with Crippen LogP contribution in [-0.2, 0) is 19.7 Å². The van der Waals surface area contributed by atoms with E-state index in [9.17, 15) is 13.2 Å². The van der Waals surface area contributed by atoms with E-state index in [1.165, 1.54) is 23.6 Å². The average molecular weight is 273 g/mol. The Bertz CT molecular complexity index is 601. The molecule has 1 aromatic rings. The zero-order chi connectivity index (χ0) is 12.5. The first-order chi connectivity index (χ1) is 8.02. The number of thiazole rings is 1. The summed E-state index contributed by atoms with van der Waals surface area (Å²) >= 11 is 1.24. The molecule has 0 fully saturated rings. The van der Waals surface area contributed by atoms with E-state index in [0.717, 1.165) is 7.11 Å². The molecule has 0 atom stereocenters. The Hall–Kier alpha value is -1.74. The standard InChI is InChI=1S/C8H7N3O4S2/c1-15-8(12)6-4-5(7-9-2-3-16-7)10-17(13,14)11-6/h2-4,10H,1H3. The first-order valence-corrected chi connectivity index (χ1v) is 6.66. The van der Waals surface area contributed by atoms with E-state index >= 15 is 0 Å². The zero-order valence-electron chi connectivity index (χ0n) is 8.58. The third-order valence-electron chi connectivity index (χ3n) is 1.80. The quantitative estimate of drug-likeness (QED) is 0.762. The summed E-state index contributed by atoms with van der Waals surface area (Å²) in [5.41, 5.74) is -0.0770. The number of hydrogen-bond donors (Lipinski definition) is 1. The van der Waals surface area contributed by atoms with E-state index in [2.05, 4.69) is 18.8 Å². The van der Waals surface area contributed by atoms with Gasteiger partial charge in [0.1, 0.15) is 5.01 Å². The molecule has 1 aliphatic heterocycles. The fourth-order valence-electron chi connectivity index (χ4n) is 1.15. The molecule has 9 heteroatoms. The summed E-state index contributed by atoms with van der Waals surface area (Å²) in [5.74, 6) is -0.816. The summed E-state index contributed by atoms with van der Waals surface area (Å²) < 4.78 is 32.7. The van der Waals surface area contributed by atoms with Crippen LogP contribution in [0.2, 0.25) is 0 Å². The number of nitrogens with zero attached hydrogens (tertiary/aromatic N) is 2. The van der Waals surface area contributed by atoms with Crippen molar-refractivity contribution in [3.8, 4) is 0 Å². The Kier molecular flexibility index (Phi) is 2.94. The number of rotatable bonds is 2. The van der Waals surface area contributed by atoms with Crippen LogP contribution in [0.5, 0.6) is 0 Å². The molecule has 90 valence electrons. The van der Waals surface area contributed by atoms with Gasteiger partial charge in [0, 0.05) is 11.6 Å². The van der Waals surface area contributed by atoms with Crippen LogP contribution in [0.4, 0.5) is 0 Å². The van der Waals surface area contributed by atoms with Crippen LogP contribution in [0.3, 0.4) is 0 Å². The van der Waals surface area contributed by atoms with Gasteiger partial charge in [0.25, 0.3) is 0 Å². The Morgan fingerprint density at radius 1 is 1.53 bits per heavy atom. The highest BCUT2D eigenvalue weighted by molar-refractivity contribution is 7.88. The van der Waals surface area contributed by atoms with Crippen molar-refractivity contribution in [3.05, 3.63) is 22.7 Å². The second-order valence-electron chi connectivity index (χ2n) is 2.94. The summed E-state index contributed by atoms with van der Waals surface area (Å²) in [6, 6.07) is 0. The van der Waals surface area contributed by atoms with Gasteiger partial charge in [0.2, 0.25) is 0 Å². The monoisotopic (exact) mass is 273 g/mol. The maximum absolute atomic E-state index is 11.4. The van der Waals surface area contributed by atoms with Crippen LogP contribution in [-0.4, -0.2) is 32.2 Å². The minimum atomic E-state index is -3.93. The van der Waals surface area contributed by atoms with E-state index < -0.39 is 16.2 Å². The lowest BCUT2D eigenvalue weighted by Crippen LogP contribution is -2.29. The zero-order valence-corrected chi connectivity index (χ0v) is 10.2. The molecule has 2 heterocycles. The smallest absolute Gasteiger partial charge is 0.357 e. The van der Waals surface area contributed by atoms with Crippen molar-refractivity contribution in [1.29, 1.82) is 0 Å². The third-order valence-corrected chi connectivity index (χ3v) is 3.52. The van der Waals surface area contributed by atoms with Crippen molar-refractivity contribution in [2.45, 2.75) is 0 Å². The second-order valence-corrected chi connectivity index (χ2v) is 5.17. The Balaban J connectivity index is 2.46. The third kappa shape index (κ3) is 2.50. The van der Waals surface area contributed by atoms with E-state index in [0.29, 0.717) is 5.01 Å². The topological polar surface area (TPSA) is 97.7 Å². The van der Waals surface area contributed by atoms with Crippen LogP contribution in [0.25, 0.3) is 5.70 Å². The fourth-order valence-corrected chi connectivity index (χ4v) is 2.69. The molecule has 0 amide bonds. The van der Waals surface area contributed by atoms with Gasteiger partial charge in [0.15, 0.2) is 5.71 Å². The van der Waals surface area contributed by atoms with Gasteiger partial charge in [-0.1, -0.05) is 0 Å². The predicted molar refractivity (Wildman–Crippen MR) is 61.6 cm³/mol. The highest BCUT2D eigenvalue weighted by Gasteiger charge is 2.24. The molecule has 0 saturated heterocycles. The van der Waals surface area contributed by atoms with Crippen molar-refractivity contribution in [3.63, 3.8) is 0 Å². The number of esters is 1. The molecule has 1 aliphatic rings. The molecule has 0 bridgehead atoms. The number of carbonyl (C=O) groups excluding carboxylic acids is 1. The molecular formula is C8H7N3O4S2. The number of aromatic nitrogens is 1. The lowest BCUT2D eigenvalue weighted by Gasteiger charge is -2.12. The van der Waals surface area contributed by atoms with Crippen molar-refractivity contribution in [2.75, 3.05) is 7.11 Å². The molecule has 0 saturated carbocycles. The van der Waals surface area contributed by atoms with E-state index in [4.69, 9.17) is 0 Å². The summed E-state index contributed by atoms with van der Waals surface area (Å²) in [5, 5.41) is 2.14. The highest BCUT2D eigenvalue weighted by Crippen LogP contribution is 2.19. The summed E-state index contributed by atoms with van der Waals surface area (Å²) in [6.07, 6.45) is 2.81. The van der Waals surface area contributed by atoms with E-state index in [1.807, 2.05) is 0 Å². The lowest BCUT2D eigenvalue weighted by molar-refractivity contribution is -0.132. The number of hydrogen-bond acceptors (Lipinski definition) is 6. The van der Waals surface area contributed by atoms with Crippen molar-refractivity contribution >= 4 is 38.9 Å². The SMILES string of the molecule is COC(=O)C1=NS(=O)(=O)NC(c2nccs2)=C1. The van der Waals surface area contributed by atoms with Gasteiger partial charge in [-0.2, -0.15) is 8.42 Å². The van der Waals surface area contributed by atoms with Gasteiger partial charge >= 0.3 is 16.2 Å². The van der Waals surface area contributed by atoms with Crippen LogP contribution < -0.4 is 4.72 Å². The first-order valence-electron chi connectivity index (χ1n) is 4.34. The van der Waals surface area contributed by atoms with Gasteiger partial charge in [-0.3, -0.25) is 4.72 Å². The maximum atomic E-state index is 11.4. The molecule has 1 N–H and O–H groups in total. The molecule has 7 nitrogen and oxygen atoms in total. The summed E-state index contributed by atoms with van der Waals surface area (Å²) in [4.78, 5) is 15.2. The molecule has 2 rings (SSSR count). The predicted octanol–water partition coefficient (Wildman–Crippen LogP) is -0.0540. The molecule has 0 unspecified atom stereocenters.